The van der Waals surface area contributed by atoms with Gasteiger partial charge in [-0.3, -0.25) is 4.18 Å². The van der Waals surface area contributed by atoms with Crippen molar-refractivity contribution in [3.8, 4) is 0 Å². The summed E-state index contributed by atoms with van der Waals surface area (Å²) in [5, 5.41) is 2.43. The molecule has 10 heteroatoms. The molecule has 0 aromatic heterocycles. The third kappa shape index (κ3) is 10.9. The zero-order valence-electron chi connectivity index (χ0n) is 25.8. The van der Waals surface area contributed by atoms with Gasteiger partial charge < -0.3 is 23.4 Å². The Balaban J connectivity index is 1.24. The van der Waals surface area contributed by atoms with E-state index < -0.39 is 18.4 Å². The topological polar surface area (TPSA) is 89.5 Å². The Morgan fingerprint density at radius 2 is 0.953 bits per heavy atom. The normalized spacial score (nSPS) is 12.5. The SMILES string of the molecule is Cc1ccc(S(=O)(=O)OCCOCCOCCOCCOCCO[Si](c2ccccc2)(c2ccccc2)C(C)(C)C)cc1. The van der Waals surface area contributed by atoms with Crippen LogP contribution in [0.25, 0.3) is 0 Å². The molecule has 0 N–H and O–H groups in total. The first-order valence-electron chi connectivity index (χ1n) is 14.7. The third-order valence-corrected chi connectivity index (χ3v) is 13.2. The highest BCUT2D eigenvalue weighted by atomic mass is 32.2. The van der Waals surface area contributed by atoms with Gasteiger partial charge >= 0.3 is 0 Å². The van der Waals surface area contributed by atoms with Gasteiger partial charge in [-0.15, -0.1) is 0 Å². The van der Waals surface area contributed by atoms with E-state index in [4.69, 9.17) is 27.6 Å². The molecule has 3 aromatic rings. The standard InChI is InChI=1S/C33H46O8SSi/c1-29-15-17-30(18-16-29)42(34,35)40-27-25-38-23-21-36-19-20-37-22-24-39-26-28-41-43(33(2,3)4,31-11-7-5-8-12-31)32-13-9-6-10-14-32/h5-18H,19-28H2,1-4H3. The van der Waals surface area contributed by atoms with Crippen LogP contribution in [-0.2, 0) is 37.7 Å². The van der Waals surface area contributed by atoms with Crippen LogP contribution in [0.2, 0.25) is 5.04 Å². The number of ether oxygens (including phenoxy) is 4. The fourth-order valence-corrected chi connectivity index (χ4v) is 10.2. The molecule has 0 saturated carbocycles. The Morgan fingerprint density at radius 1 is 0.558 bits per heavy atom. The number of benzene rings is 3. The predicted molar refractivity (Wildman–Crippen MR) is 171 cm³/mol. The van der Waals surface area contributed by atoms with Crippen LogP contribution in [0.5, 0.6) is 0 Å². The molecule has 236 valence electrons. The summed E-state index contributed by atoms with van der Waals surface area (Å²) in [4.78, 5) is 0.135. The number of hydrogen-bond acceptors (Lipinski definition) is 8. The van der Waals surface area contributed by atoms with Gasteiger partial charge in [0.05, 0.1) is 71.0 Å². The molecule has 0 aliphatic rings. The van der Waals surface area contributed by atoms with Crippen LogP contribution in [-0.4, -0.2) is 82.8 Å². The molecule has 0 radical (unpaired) electrons. The minimum Gasteiger partial charge on any atom is -0.405 e. The lowest BCUT2D eigenvalue weighted by molar-refractivity contribution is -0.00710. The summed E-state index contributed by atoms with van der Waals surface area (Å²) in [6.45, 7) is 12.3. The zero-order chi connectivity index (χ0) is 31.0. The van der Waals surface area contributed by atoms with E-state index in [2.05, 4.69) is 69.3 Å². The summed E-state index contributed by atoms with van der Waals surface area (Å²) in [5.41, 5.74) is 0.981. The molecule has 3 rings (SSSR count). The maximum atomic E-state index is 12.1. The highest BCUT2D eigenvalue weighted by Gasteiger charge is 2.50. The molecule has 0 unspecified atom stereocenters. The molecule has 3 aromatic carbocycles. The summed E-state index contributed by atoms with van der Waals surface area (Å²) in [7, 11) is -6.32. The molecule has 0 atom stereocenters. The van der Waals surface area contributed by atoms with Crippen molar-refractivity contribution in [1.29, 1.82) is 0 Å². The van der Waals surface area contributed by atoms with Gasteiger partial charge in [0.25, 0.3) is 18.4 Å². The largest absolute Gasteiger partial charge is 0.405 e. The molecular weight excluding hydrogens is 585 g/mol. The van der Waals surface area contributed by atoms with E-state index in [1.807, 2.05) is 19.1 Å². The van der Waals surface area contributed by atoms with Gasteiger partial charge in [-0.2, -0.15) is 8.42 Å². The van der Waals surface area contributed by atoms with Crippen molar-refractivity contribution in [3.05, 3.63) is 90.5 Å². The average Bonchev–Trinajstić information content (AvgIpc) is 2.99. The lowest BCUT2D eigenvalue weighted by Gasteiger charge is -2.43. The molecule has 0 saturated heterocycles. The molecule has 0 heterocycles. The Labute approximate surface area is 258 Å². The predicted octanol–water partition coefficient (Wildman–Crippen LogP) is 4.34. The number of aryl methyl sites for hydroxylation is 1. The van der Waals surface area contributed by atoms with Crippen molar-refractivity contribution in [2.75, 3.05) is 66.1 Å². The molecule has 0 bridgehead atoms. The second-order valence-corrected chi connectivity index (χ2v) is 17.0. The van der Waals surface area contributed by atoms with Crippen molar-refractivity contribution >= 4 is 28.8 Å². The fourth-order valence-electron chi connectivity index (χ4n) is 4.75. The quantitative estimate of drug-likeness (QED) is 0.104. The van der Waals surface area contributed by atoms with Crippen LogP contribution in [0.1, 0.15) is 26.3 Å². The molecule has 0 aliphatic heterocycles. The third-order valence-electron chi connectivity index (χ3n) is 6.85. The van der Waals surface area contributed by atoms with Crippen LogP contribution in [0.15, 0.2) is 89.8 Å². The molecule has 0 aliphatic carbocycles. The highest BCUT2D eigenvalue weighted by molar-refractivity contribution is 7.86. The van der Waals surface area contributed by atoms with E-state index in [0.717, 1.165) is 5.56 Å². The van der Waals surface area contributed by atoms with E-state index in [9.17, 15) is 8.42 Å². The van der Waals surface area contributed by atoms with E-state index in [1.54, 1.807) is 12.1 Å². The van der Waals surface area contributed by atoms with Crippen molar-refractivity contribution in [2.24, 2.45) is 0 Å². The molecule has 8 nitrogen and oxygen atoms in total. The lowest BCUT2D eigenvalue weighted by atomic mass is 10.2. The first kappa shape index (κ1) is 35.1. The molecule has 0 fully saturated rings. The summed E-state index contributed by atoms with van der Waals surface area (Å²) >= 11 is 0. The summed E-state index contributed by atoms with van der Waals surface area (Å²) in [6, 6.07) is 27.7. The van der Waals surface area contributed by atoms with Gasteiger partial charge in [-0.05, 0) is 34.5 Å². The van der Waals surface area contributed by atoms with E-state index in [-0.39, 0.29) is 23.1 Å². The fraction of sp³-hybridized carbons (Fsp3) is 0.455. The lowest BCUT2D eigenvalue weighted by Crippen LogP contribution is -2.66. The highest BCUT2D eigenvalue weighted by Crippen LogP contribution is 2.36. The maximum Gasteiger partial charge on any atom is 0.297 e. The number of rotatable bonds is 20. The monoisotopic (exact) mass is 630 g/mol. The second-order valence-electron chi connectivity index (χ2n) is 11.1. The zero-order valence-corrected chi connectivity index (χ0v) is 27.6. The minimum atomic E-state index is -3.77. The van der Waals surface area contributed by atoms with E-state index >= 15 is 0 Å². The second kappa shape index (κ2) is 17.8. The van der Waals surface area contributed by atoms with Gasteiger partial charge in [-0.25, -0.2) is 0 Å². The van der Waals surface area contributed by atoms with Gasteiger partial charge in [0.2, 0.25) is 0 Å². The van der Waals surface area contributed by atoms with Crippen LogP contribution in [0.4, 0.5) is 0 Å². The average molecular weight is 631 g/mol. The Kier molecular flexibility index (Phi) is 14.5. The van der Waals surface area contributed by atoms with Gasteiger partial charge in [0.1, 0.15) is 0 Å². The molecule has 0 spiro atoms. The van der Waals surface area contributed by atoms with E-state index in [0.29, 0.717) is 52.9 Å². The van der Waals surface area contributed by atoms with Crippen molar-refractivity contribution in [2.45, 2.75) is 37.6 Å². The van der Waals surface area contributed by atoms with Gasteiger partial charge in [0, 0.05) is 0 Å². The van der Waals surface area contributed by atoms with Crippen molar-refractivity contribution < 1.29 is 36.0 Å². The molecule has 43 heavy (non-hydrogen) atoms. The first-order valence-corrected chi connectivity index (χ1v) is 18.0. The Morgan fingerprint density at radius 3 is 1.37 bits per heavy atom. The van der Waals surface area contributed by atoms with Gasteiger partial charge in [0.15, 0.2) is 0 Å². The molecular formula is C33H46O8SSi. The van der Waals surface area contributed by atoms with Crippen molar-refractivity contribution in [3.63, 3.8) is 0 Å². The van der Waals surface area contributed by atoms with Crippen LogP contribution in [0, 0.1) is 6.92 Å². The summed E-state index contributed by atoms with van der Waals surface area (Å²) < 4.78 is 58.4. The van der Waals surface area contributed by atoms with Crippen LogP contribution < -0.4 is 10.4 Å². The smallest absolute Gasteiger partial charge is 0.297 e. The summed E-state index contributed by atoms with van der Waals surface area (Å²) in [5.74, 6) is 0. The van der Waals surface area contributed by atoms with Crippen LogP contribution >= 0.6 is 0 Å². The van der Waals surface area contributed by atoms with Crippen LogP contribution in [0.3, 0.4) is 0 Å². The first-order chi connectivity index (χ1) is 20.7. The van der Waals surface area contributed by atoms with Crippen molar-refractivity contribution in [1.82, 2.24) is 0 Å². The maximum absolute atomic E-state index is 12.1. The van der Waals surface area contributed by atoms with E-state index in [1.165, 1.54) is 22.5 Å². The Bertz CT molecular complexity index is 1240. The van der Waals surface area contributed by atoms with Gasteiger partial charge in [-0.1, -0.05) is 99.1 Å². The summed E-state index contributed by atoms with van der Waals surface area (Å²) in [6.07, 6.45) is 0. The Hall–Kier alpha value is -2.41. The molecule has 0 amide bonds. The minimum absolute atomic E-state index is 0.0533. The number of hydrogen-bond donors (Lipinski definition) is 0.